The third-order valence-corrected chi connectivity index (χ3v) is 5.09. The Kier molecular flexibility index (Phi) is 6.52. The second-order valence-corrected chi connectivity index (χ2v) is 7.11. The third kappa shape index (κ3) is 4.99. The smallest absolute Gasteiger partial charge is 0.230 e. The highest BCUT2D eigenvalue weighted by atomic mass is 35.5. The number of thioether (sulfide) groups is 1. The van der Waals surface area contributed by atoms with Crippen LogP contribution in [0.15, 0.2) is 36.4 Å². The van der Waals surface area contributed by atoms with Gasteiger partial charge in [-0.15, -0.1) is 11.8 Å². The van der Waals surface area contributed by atoms with E-state index >= 15 is 0 Å². The van der Waals surface area contributed by atoms with Crippen molar-refractivity contribution in [2.24, 2.45) is 0 Å². The fourth-order valence-corrected chi connectivity index (χ4v) is 3.58. The summed E-state index contributed by atoms with van der Waals surface area (Å²) in [6, 6.07) is 11.4. The van der Waals surface area contributed by atoms with Crippen molar-refractivity contribution in [1.82, 2.24) is 5.32 Å². The van der Waals surface area contributed by atoms with Gasteiger partial charge in [0.15, 0.2) is 11.5 Å². The van der Waals surface area contributed by atoms with Gasteiger partial charge in [-0.3, -0.25) is 4.79 Å². The summed E-state index contributed by atoms with van der Waals surface area (Å²) in [7, 11) is 1.63. The maximum atomic E-state index is 12.0. The molecule has 1 aliphatic rings. The third-order valence-electron chi connectivity index (χ3n) is 3.81. The molecule has 0 aliphatic carbocycles. The predicted octanol–water partition coefficient (Wildman–Crippen LogP) is 3.67. The average molecular weight is 394 g/mol. The van der Waals surface area contributed by atoms with Crippen LogP contribution in [0, 0.1) is 0 Å². The van der Waals surface area contributed by atoms with E-state index in [-0.39, 0.29) is 5.91 Å². The molecule has 0 unspecified atom stereocenters. The molecule has 1 N–H and O–H groups in total. The Morgan fingerprint density at radius 1 is 1.19 bits per heavy atom. The Morgan fingerprint density at radius 2 is 1.96 bits per heavy atom. The van der Waals surface area contributed by atoms with Crippen molar-refractivity contribution >= 4 is 29.3 Å². The molecule has 2 aromatic rings. The van der Waals surface area contributed by atoms with Crippen LogP contribution < -0.4 is 19.5 Å². The minimum absolute atomic E-state index is 0.00513. The van der Waals surface area contributed by atoms with Crippen molar-refractivity contribution < 1.29 is 19.0 Å². The zero-order chi connectivity index (χ0) is 18.4. The lowest BCUT2D eigenvalue weighted by Gasteiger charge is -2.20. The van der Waals surface area contributed by atoms with Gasteiger partial charge >= 0.3 is 0 Å². The highest BCUT2D eigenvalue weighted by Gasteiger charge is 2.16. The van der Waals surface area contributed by atoms with Gasteiger partial charge < -0.3 is 19.5 Å². The molecule has 1 heterocycles. The summed E-state index contributed by atoms with van der Waals surface area (Å²) >= 11 is 7.75. The number of methoxy groups -OCH3 is 1. The van der Waals surface area contributed by atoms with E-state index in [2.05, 4.69) is 5.32 Å². The first-order valence-corrected chi connectivity index (χ1v) is 9.74. The maximum absolute atomic E-state index is 12.0. The van der Waals surface area contributed by atoms with Crippen LogP contribution in [0.25, 0.3) is 0 Å². The summed E-state index contributed by atoms with van der Waals surface area (Å²) in [5.41, 5.74) is 2.04. The van der Waals surface area contributed by atoms with E-state index in [9.17, 15) is 4.79 Å². The van der Waals surface area contributed by atoms with Crippen molar-refractivity contribution in [3.8, 4) is 17.2 Å². The van der Waals surface area contributed by atoms with E-state index < -0.39 is 0 Å². The Balaban J connectivity index is 1.44. The Labute approximate surface area is 162 Å². The number of nitrogens with one attached hydrogen (secondary N) is 1. The summed E-state index contributed by atoms with van der Waals surface area (Å²) in [6.07, 6.45) is 0. The fourth-order valence-electron chi connectivity index (χ4n) is 2.50. The fraction of sp³-hybridized carbons (Fsp3) is 0.316. The molecular weight excluding hydrogens is 374 g/mol. The largest absolute Gasteiger partial charge is 0.497 e. The van der Waals surface area contributed by atoms with E-state index in [1.165, 1.54) is 11.8 Å². The van der Waals surface area contributed by atoms with Crippen LogP contribution in [-0.4, -0.2) is 32.0 Å². The van der Waals surface area contributed by atoms with Crippen LogP contribution in [0.5, 0.6) is 17.2 Å². The summed E-state index contributed by atoms with van der Waals surface area (Å²) < 4.78 is 16.2. The monoisotopic (exact) mass is 393 g/mol. The van der Waals surface area contributed by atoms with E-state index in [0.29, 0.717) is 47.8 Å². The Morgan fingerprint density at radius 3 is 2.73 bits per heavy atom. The van der Waals surface area contributed by atoms with E-state index in [0.717, 1.165) is 16.9 Å². The number of carbonyl (C=O) groups excluding carboxylic acids is 1. The van der Waals surface area contributed by atoms with Gasteiger partial charge in [0, 0.05) is 12.3 Å². The molecule has 26 heavy (non-hydrogen) atoms. The Bertz CT molecular complexity index is 767. The number of ether oxygens (including phenoxy) is 3. The van der Waals surface area contributed by atoms with Gasteiger partial charge in [0.05, 0.1) is 17.9 Å². The zero-order valence-electron chi connectivity index (χ0n) is 14.4. The molecule has 138 valence electrons. The summed E-state index contributed by atoms with van der Waals surface area (Å²) in [6.45, 7) is 1.53. The first-order valence-electron chi connectivity index (χ1n) is 8.21. The van der Waals surface area contributed by atoms with Crippen molar-refractivity contribution in [3.63, 3.8) is 0 Å². The van der Waals surface area contributed by atoms with Gasteiger partial charge in [0.1, 0.15) is 19.0 Å². The number of fused-ring (bicyclic) bond motifs is 1. The number of halogens is 1. The molecule has 5 nitrogen and oxygen atoms in total. The van der Waals surface area contributed by atoms with Gasteiger partial charge in [0.25, 0.3) is 0 Å². The van der Waals surface area contributed by atoms with Crippen LogP contribution >= 0.6 is 23.4 Å². The maximum Gasteiger partial charge on any atom is 0.230 e. The van der Waals surface area contributed by atoms with Crippen molar-refractivity contribution in [2.45, 2.75) is 12.3 Å². The Hall–Kier alpha value is -2.05. The zero-order valence-corrected chi connectivity index (χ0v) is 16.0. The number of hydrogen-bond acceptors (Lipinski definition) is 5. The molecule has 0 saturated carbocycles. The van der Waals surface area contributed by atoms with Crippen LogP contribution in [0.3, 0.4) is 0 Å². The molecule has 3 rings (SSSR count). The number of hydrogen-bond donors (Lipinski definition) is 1. The van der Waals surface area contributed by atoms with Crippen LogP contribution in [0.2, 0.25) is 5.02 Å². The van der Waals surface area contributed by atoms with Gasteiger partial charge in [0.2, 0.25) is 5.91 Å². The lowest BCUT2D eigenvalue weighted by Crippen LogP contribution is -2.24. The molecule has 7 heteroatoms. The summed E-state index contributed by atoms with van der Waals surface area (Å²) in [5, 5.41) is 3.46. The number of benzene rings is 2. The number of carbonyl (C=O) groups is 1. The second-order valence-electron chi connectivity index (χ2n) is 5.72. The molecule has 0 bridgehead atoms. The molecule has 1 amide bonds. The lowest BCUT2D eigenvalue weighted by molar-refractivity contribution is -0.118. The molecular formula is C19H20ClNO4S. The highest BCUT2D eigenvalue weighted by molar-refractivity contribution is 7.99. The minimum Gasteiger partial charge on any atom is -0.497 e. The molecule has 2 aromatic carbocycles. The molecule has 1 aliphatic heterocycles. The van der Waals surface area contributed by atoms with Crippen LogP contribution in [-0.2, 0) is 17.1 Å². The quantitative estimate of drug-likeness (QED) is 0.777. The predicted molar refractivity (Wildman–Crippen MR) is 103 cm³/mol. The standard InChI is InChI=1S/C19H20ClNO4S/c1-23-15-4-2-13(3-5-15)10-21-18(22)12-26-11-14-8-16(20)19-17(9-14)24-6-7-25-19/h2-5,8-9H,6-7,10-12H2,1H3,(H,21,22). The average Bonchev–Trinajstić information content (AvgIpc) is 2.67. The summed E-state index contributed by atoms with van der Waals surface area (Å²) in [5.74, 6) is 3.12. The SMILES string of the molecule is COc1ccc(CNC(=O)CSCc2cc(Cl)c3c(c2)OCCO3)cc1. The van der Waals surface area contributed by atoms with Crippen LogP contribution in [0.1, 0.15) is 11.1 Å². The van der Waals surface area contributed by atoms with E-state index in [1.807, 2.05) is 36.4 Å². The molecule has 0 radical (unpaired) electrons. The van der Waals surface area contributed by atoms with E-state index in [1.54, 1.807) is 7.11 Å². The highest BCUT2D eigenvalue weighted by Crippen LogP contribution is 2.39. The first-order chi connectivity index (χ1) is 12.7. The van der Waals surface area contributed by atoms with Gasteiger partial charge in [-0.2, -0.15) is 0 Å². The first kappa shape index (κ1) is 18.7. The molecule has 0 aromatic heterocycles. The molecule has 0 saturated heterocycles. The van der Waals surface area contributed by atoms with Crippen molar-refractivity contribution in [1.29, 1.82) is 0 Å². The topological polar surface area (TPSA) is 56.8 Å². The van der Waals surface area contributed by atoms with Gasteiger partial charge in [-0.05, 0) is 35.4 Å². The normalized spacial score (nSPS) is 12.5. The lowest BCUT2D eigenvalue weighted by atomic mass is 10.2. The van der Waals surface area contributed by atoms with Crippen molar-refractivity contribution in [2.75, 3.05) is 26.1 Å². The molecule has 0 atom stereocenters. The van der Waals surface area contributed by atoms with Gasteiger partial charge in [-0.1, -0.05) is 23.7 Å². The van der Waals surface area contributed by atoms with E-state index in [4.69, 9.17) is 25.8 Å². The van der Waals surface area contributed by atoms with Crippen LogP contribution in [0.4, 0.5) is 0 Å². The summed E-state index contributed by atoms with van der Waals surface area (Å²) in [4.78, 5) is 12.0. The minimum atomic E-state index is -0.00513. The van der Waals surface area contributed by atoms with Gasteiger partial charge in [-0.25, -0.2) is 0 Å². The molecule has 0 fully saturated rings. The molecule has 0 spiro atoms. The number of rotatable bonds is 7. The number of amides is 1. The van der Waals surface area contributed by atoms with Crippen molar-refractivity contribution in [3.05, 3.63) is 52.5 Å². The second kappa shape index (κ2) is 9.05.